The van der Waals surface area contributed by atoms with Crippen LogP contribution in [0.4, 0.5) is 0 Å². The molecule has 1 aromatic heterocycles. The Morgan fingerprint density at radius 3 is 2.75 bits per heavy atom. The van der Waals surface area contributed by atoms with Crippen LogP contribution in [0.2, 0.25) is 0 Å². The van der Waals surface area contributed by atoms with Gasteiger partial charge in [0.1, 0.15) is 11.5 Å². The van der Waals surface area contributed by atoms with Gasteiger partial charge in [-0.15, -0.1) is 0 Å². The van der Waals surface area contributed by atoms with Crippen LogP contribution < -0.4 is 11.1 Å². The van der Waals surface area contributed by atoms with E-state index in [1.165, 1.54) is 0 Å². The first-order valence-corrected chi connectivity index (χ1v) is 5.25. The van der Waals surface area contributed by atoms with Crippen LogP contribution in [0.15, 0.2) is 16.5 Å². The third-order valence-electron chi connectivity index (χ3n) is 2.52. The highest BCUT2D eigenvalue weighted by atomic mass is 16.3. The zero-order chi connectivity index (χ0) is 12.1. The fraction of sp³-hybridized carbons (Fsp3) is 0.545. The van der Waals surface area contributed by atoms with Gasteiger partial charge in [0.15, 0.2) is 0 Å². The Bertz CT molecular complexity index is 349. The summed E-state index contributed by atoms with van der Waals surface area (Å²) in [6.45, 7) is 2.61. The third kappa shape index (κ3) is 3.08. The maximum Gasteiger partial charge on any atom is 0.233 e. The Labute approximate surface area is 95.6 Å². The number of carbonyl (C=O) groups is 1. The predicted octanol–water partition coefficient (Wildman–Crippen LogP) is 0.266. The van der Waals surface area contributed by atoms with Crippen molar-refractivity contribution in [2.24, 2.45) is 5.73 Å². The van der Waals surface area contributed by atoms with Gasteiger partial charge < -0.3 is 15.5 Å². The number of hydrogen-bond acceptors (Lipinski definition) is 4. The molecule has 1 amide bonds. The fourth-order valence-corrected chi connectivity index (χ4v) is 1.56. The molecule has 0 bridgehead atoms. The van der Waals surface area contributed by atoms with Gasteiger partial charge in [0.2, 0.25) is 5.91 Å². The summed E-state index contributed by atoms with van der Waals surface area (Å²) in [5.41, 5.74) is 5.70. The van der Waals surface area contributed by atoms with Gasteiger partial charge in [-0.2, -0.15) is 0 Å². The van der Waals surface area contributed by atoms with Crippen molar-refractivity contribution in [2.45, 2.75) is 13.0 Å². The number of rotatable bonds is 5. The van der Waals surface area contributed by atoms with Crippen molar-refractivity contribution in [1.82, 2.24) is 10.2 Å². The molecular weight excluding hydrogens is 206 g/mol. The van der Waals surface area contributed by atoms with Gasteiger partial charge in [0.25, 0.3) is 0 Å². The summed E-state index contributed by atoms with van der Waals surface area (Å²) in [7, 11) is 3.47. The van der Waals surface area contributed by atoms with E-state index in [0.717, 1.165) is 11.5 Å². The van der Waals surface area contributed by atoms with Crippen LogP contribution in [0.3, 0.4) is 0 Å². The Balaban J connectivity index is 2.70. The van der Waals surface area contributed by atoms with Crippen molar-refractivity contribution in [3.05, 3.63) is 23.7 Å². The normalized spacial score (nSPS) is 12.8. The SMILES string of the molecule is CNC(=O)CN(C)C(CN)c1ccc(C)o1. The number of carbonyl (C=O) groups excluding carboxylic acids is 1. The lowest BCUT2D eigenvalue weighted by Gasteiger charge is -2.24. The van der Waals surface area contributed by atoms with Crippen LogP contribution in [0, 0.1) is 6.92 Å². The minimum absolute atomic E-state index is 0.0378. The second-order valence-corrected chi connectivity index (χ2v) is 3.79. The summed E-state index contributed by atoms with van der Waals surface area (Å²) in [5.74, 6) is 1.61. The van der Waals surface area contributed by atoms with Gasteiger partial charge >= 0.3 is 0 Å². The highest BCUT2D eigenvalue weighted by Gasteiger charge is 2.20. The molecule has 5 heteroatoms. The lowest BCUT2D eigenvalue weighted by Crippen LogP contribution is -2.38. The maximum absolute atomic E-state index is 11.3. The van der Waals surface area contributed by atoms with Crippen LogP contribution in [-0.2, 0) is 4.79 Å². The molecule has 0 aliphatic rings. The van der Waals surface area contributed by atoms with Gasteiger partial charge in [-0.3, -0.25) is 9.69 Å². The smallest absolute Gasteiger partial charge is 0.233 e. The molecule has 1 unspecified atom stereocenters. The van der Waals surface area contributed by atoms with Crippen LogP contribution in [0.25, 0.3) is 0 Å². The number of nitrogens with zero attached hydrogens (tertiary/aromatic N) is 1. The van der Waals surface area contributed by atoms with E-state index in [4.69, 9.17) is 10.2 Å². The van der Waals surface area contributed by atoms with E-state index in [2.05, 4.69) is 5.32 Å². The number of amides is 1. The summed E-state index contributed by atoms with van der Waals surface area (Å²) in [6, 6.07) is 3.73. The second kappa shape index (κ2) is 5.67. The summed E-state index contributed by atoms with van der Waals surface area (Å²) < 4.78 is 5.52. The monoisotopic (exact) mass is 225 g/mol. The minimum atomic E-state index is -0.0639. The summed E-state index contributed by atoms with van der Waals surface area (Å²) >= 11 is 0. The standard InChI is InChI=1S/C11H19N3O2/c1-8-4-5-10(16-8)9(6-12)14(3)7-11(15)13-2/h4-5,9H,6-7,12H2,1-3H3,(H,13,15). The first-order valence-electron chi connectivity index (χ1n) is 5.25. The zero-order valence-corrected chi connectivity index (χ0v) is 9.99. The van der Waals surface area contributed by atoms with E-state index < -0.39 is 0 Å². The summed E-state index contributed by atoms with van der Waals surface area (Å²) in [6.07, 6.45) is 0. The van der Waals surface area contributed by atoms with Gasteiger partial charge in [-0.05, 0) is 26.1 Å². The number of furan rings is 1. The molecule has 0 saturated heterocycles. The number of nitrogens with one attached hydrogen (secondary N) is 1. The Morgan fingerprint density at radius 2 is 2.31 bits per heavy atom. The van der Waals surface area contributed by atoms with E-state index in [-0.39, 0.29) is 11.9 Å². The van der Waals surface area contributed by atoms with Crippen LogP contribution >= 0.6 is 0 Å². The third-order valence-corrected chi connectivity index (χ3v) is 2.52. The number of aryl methyl sites for hydroxylation is 1. The van der Waals surface area contributed by atoms with Crippen molar-refractivity contribution < 1.29 is 9.21 Å². The van der Waals surface area contributed by atoms with Crippen molar-refractivity contribution in [3.8, 4) is 0 Å². The number of nitrogens with two attached hydrogens (primary N) is 1. The van der Waals surface area contributed by atoms with E-state index in [0.29, 0.717) is 13.1 Å². The topological polar surface area (TPSA) is 71.5 Å². The molecular formula is C11H19N3O2. The molecule has 16 heavy (non-hydrogen) atoms. The van der Waals surface area contributed by atoms with Gasteiger partial charge in [0, 0.05) is 13.6 Å². The second-order valence-electron chi connectivity index (χ2n) is 3.79. The van der Waals surface area contributed by atoms with E-state index in [1.54, 1.807) is 7.05 Å². The molecule has 1 atom stereocenters. The van der Waals surface area contributed by atoms with Crippen LogP contribution in [0.5, 0.6) is 0 Å². The highest BCUT2D eigenvalue weighted by Crippen LogP contribution is 2.20. The van der Waals surface area contributed by atoms with Crippen molar-refractivity contribution >= 4 is 5.91 Å². The molecule has 0 aliphatic carbocycles. The van der Waals surface area contributed by atoms with Gasteiger partial charge in [0.05, 0.1) is 12.6 Å². The molecule has 1 aromatic rings. The average Bonchev–Trinajstić information content (AvgIpc) is 2.65. The molecule has 0 spiro atoms. The van der Waals surface area contributed by atoms with E-state index in [9.17, 15) is 4.79 Å². The molecule has 1 rings (SSSR count). The molecule has 3 N–H and O–H groups in total. The molecule has 0 aromatic carbocycles. The van der Waals surface area contributed by atoms with Crippen molar-refractivity contribution in [2.75, 3.05) is 27.2 Å². The Morgan fingerprint density at radius 1 is 1.62 bits per heavy atom. The lowest BCUT2D eigenvalue weighted by molar-refractivity contribution is -0.122. The fourth-order valence-electron chi connectivity index (χ4n) is 1.56. The Kier molecular flexibility index (Phi) is 4.52. The molecule has 0 aliphatic heterocycles. The maximum atomic E-state index is 11.3. The molecule has 0 fully saturated rings. The average molecular weight is 225 g/mol. The highest BCUT2D eigenvalue weighted by molar-refractivity contribution is 5.77. The van der Waals surface area contributed by atoms with E-state index >= 15 is 0 Å². The molecule has 1 heterocycles. The first kappa shape index (κ1) is 12.7. The largest absolute Gasteiger partial charge is 0.465 e. The van der Waals surface area contributed by atoms with Gasteiger partial charge in [-0.25, -0.2) is 0 Å². The van der Waals surface area contributed by atoms with Crippen molar-refractivity contribution in [1.29, 1.82) is 0 Å². The molecule has 90 valence electrons. The number of likely N-dealkylation sites (N-methyl/N-ethyl adjacent to an activating group) is 2. The molecule has 0 radical (unpaired) electrons. The molecule has 0 saturated carbocycles. The Hall–Kier alpha value is -1.33. The molecule has 5 nitrogen and oxygen atoms in total. The minimum Gasteiger partial charge on any atom is -0.465 e. The zero-order valence-electron chi connectivity index (χ0n) is 9.99. The number of hydrogen-bond donors (Lipinski definition) is 2. The summed E-state index contributed by atoms with van der Waals surface area (Å²) in [5, 5.41) is 2.58. The predicted molar refractivity (Wildman–Crippen MR) is 61.9 cm³/mol. The summed E-state index contributed by atoms with van der Waals surface area (Å²) in [4.78, 5) is 13.1. The quantitative estimate of drug-likeness (QED) is 0.754. The first-order chi connectivity index (χ1) is 7.58. The van der Waals surface area contributed by atoms with E-state index in [1.807, 2.05) is 31.0 Å². The lowest BCUT2D eigenvalue weighted by atomic mass is 10.2. The van der Waals surface area contributed by atoms with Gasteiger partial charge in [-0.1, -0.05) is 0 Å². The van der Waals surface area contributed by atoms with Crippen molar-refractivity contribution in [3.63, 3.8) is 0 Å². The van der Waals surface area contributed by atoms with Crippen LogP contribution in [-0.4, -0.2) is 38.0 Å². The van der Waals surface area contributed by atoms with Crippen LogP contribution in [0.1, 0.15) is 17.6 Å².